The van der Waals surface area contributed by atoms with Crippen LogP contribution < -0.4 is 0 Å². The maximum Gasteiger partial charge on any atom is 0.271 e. The lowest BCUT2D eigenvalue weighted by atomic mass is 10.2. The third-order valence-electron chi connectivity index (χ3n) is 1.56. The van der Waals surface area contributed by atoms with E-state index in [9.17, 15) is 0 Å². The number of hydrogen-bond donors (Lipinski definition) is 0. The molecule has 0 spiro atoms. The van der Waals surface area contributed by atoms with Crippen LogP contribution in [0.25, 0.3) is 4.85 Å². The van der Waals surface area contributed by atoms with Crippen LogP contribution in [0.2, 0.25) is 0 Å². The van der Waals surface area contributed by atoms with E-state index in [1.54, 1.807) is 0 Å². The summed E-state index contributed by atoms with van der Waals surface area (Å²) in [5, 5.41) is 0. The molecule has 2 nitrogen and oxygen atoms in total. The quantitative estimate of drug-likeness (QED) is 0.544. The van der Waals surface area contributed by atoms with Gasteiger partial charge in [0.05, 0.1) is 0 Å². The molecule has 0 aliphatic heterocycles. The van der Waals surface area contributed by atoms with Crippen molar-refractivity contribution >= 4 is 0 Å². The van der Waals surface area contributed by atoms with Crippen LogP contribution in [0.1, 0.15) is 27.7 Å². The predicted molar refractivity (Wildman–Crippen MR) is 43.6 cm³/mol. The van der Waals surface area contributed by atoms with Crippen molar-refractivity contribution in [3.63, 3.8) is 0 Å². The van der Waals surface area contributed by atoms with E-state index in [4.69, 9.17) is 6.57 Å². The van der Waals surface area contributed by atoms with Gasteiger partial charge in [-0.2, -0.15) is 0 Å². The number of rotatable bonds is 3. The minimum absolute atomic E-state index is 0.481. The molecule has 0 N–H and O–H groups in total. The molecule has 0 aromatic heterocycles. The van der Waals surface area contributed by atoms with E-state index >= 15 is 0 Å². The zero-order valence-electron chi connectivity index (χ0n) is 7.26. The lowest BCUT2D eigenvalue weighted by molar-refractivity contribution is 0.195. The molecule has 0 amide bonds. The highest BCUT2D eigenvalue weighted by molar-refractivity contribution is 4.70. The topological polar surface area (TPSA) is 7.60 Å². The van der Waals surface area contributed by atoms with Crippen molar-refractivity contribution in [3.8, 4) is 0 Å². The Kier molecular flexibility index (Phi) is 4.06. The van der Waals surface area contributed by atoms with Crippen LogP contribution in [0, 0.1) is 6.57 Å². The smallest absolute Gasteiger partial charge is 0.271 e. The van der Waals surface area contributed by atoms with Crippen LogP contribution in [0.15, 0.2) is 0 Å². The fourth-order valence-corrected chi connectivity index (χ4v) is 1.00. The molecule has 0 aromatic carbocycles. The maximum atomic E-state index is 6.70. The zero-order valence-corrected chi connectivity index (χ0v) is 7.26. The molecular weight excluding hydrogens is 124 g/mol. The number of nitrogens with zero attached hydrogens (tertiary/aromatic N) is 2. The summed E-state index contributed by atoms with van der Waals surface area (Å²) >= 11 is 0. The van der Waals surface area contributed by atoms with E-state index in [0.717, 1.165) is 0 Å². The fourth-order valence-electron chi connectivity index (χ4n) is 1.00. The second-order valence-electron chi connectivity index (χ2n) is 3.00. The fraction of sp³-hybridized carbons (Fsp3) is 0.875. The molecule has 0 fully saturated rings. The summed E-state index contributed by atoms with van der Waals surface area (Å²) < 4.78 is 0. The van der Waals surface area contributed by atoms with Gasteiger partial charge >= 0.3 is 0 Å². The summed E-state index contributed by atoms with van der Waals surface area (Å²) in [6.45, 7) is 15.7. The minimum atomic E-state index is 0.481. The Morgan fingerprint density at radius 3 is 1.70 bits per heavy atom. The highest BCUT2D eigenvalue weighted by atomic mass is 15.2. The molecule has 0 saturated carbocycles. The van der Waals surface area contributed by atoms with Gasteiger partial charge in [-0.05, 0) is 27.7 Å². The van der Waals surface area contributed by atoms with Crippen LogP contribution in [0.5, 0.6) is 0 Å². The van der Waals surface area contributed by atoms with Gasteiger partial charge < -0.3 is 0 Å². The van der Waals surface area contributed by atoms with Gasteiger partial charge in [-0.3, -0.25) is 4.85 Å². The molecule has 0 atom stereocenters. The Morgan fingerprint density at radius 2 is 1.60 bits per heavy atom. The van der Waals surface area contributed by atoms with Gasteiger partial charge in [0.15, 0.2) is 0 Å². The molecule has 0 saturated heterocycles. The highest BCUT2D eigenvalue weighted by Crippen LogP contribution is 2.03. The van der Waals surface area contributed by atoms with Gasteiger partial charge in [0, 0.05) is 12.1 Å². The molecule has 0 bridgehead atoms. The third kappa shape index (κ3) is 2.84. The van der Waals surface area contributed by atoms with E-state index in [-0.39, 0.29) is 0 Å². The molecular formula is C8H16N2. The van der Waals surface area contributed by atoms with Crippen LogP contribution in [0.4, 0.5) is 0 Å². The highest BCUT2D eigenvalue weighted by Gasteiger charge is 2.14. The van der Waals surface area contributed by atoms with Crippen molar-refractivity contribution in [3.05, 3.63) is 11.4 Å². The molecule has 2 heteroatoms. The Labute approximate surface area is 63.7 Å². The van der Waals surface area contributed by atoms with E-state index in [2.05, 4.69) is 37.4 Å². The summed E-state index contributed by atoms with van der Waals surface area (Å²) in [5.41, 5.74) is 0. The summed E-state index contributed by atoms with van der Waals surface area (Å²) in [5.74, 6) is 0. The zero-order chi connectivity index (χ0) is 8.15. The van der Waals surface area contributed by atoms with Crippen molar-refractivity contribution in [2.45, 2.75) is 39.8 Å². The summed E-state index contributed by atoms with van der Waals surface area (Å²) in [6, 6.07) is 0.961. The van der Waals surface area contributed by atoms with Crippen molar-refractivity contribution in [1.29, 1.82) is 0 Å². The first kappa shape index (κ1) is 9.45. The van der Waals surface area contributed by atoms with Crippen LogP contribution in [-0.2, 0) is 0 Å². The molecule has 58 valence electrons. The van der Waals surface area contributed by atoms with Crippen LogP contribution in [-0.4, -0.2) is 23.7 Å². The third-order valence-corrected chi connectivity index (χ3v) is 1.56. The Morgan fingerprint density at radius 1 is 1.20 bits per heavy atom. The van der Waals surface area contributed by atoms with Gasteiger partial charge in [-0.15, -0.1) is 0 Å². The van der Waals surface area contributed by atoms with Crippen molar-refractivity contribution in [2.75, 3.05) is 6.67 Å². The van der Waals surface area contributed by atoms with E-state index < -0.39 is 0 Å². The van der Waals surface area contributed by atoms with Gasteiger partial charge in [-0.1, -0.05) is 0 Å². The maximum absolute atomic E-state index is 6.70. The van der Waals surface area contributed by atoms with Gasteiger partial charge in [0.25, 0.3) is 6.67 Å². The van der Waals surface area contributed by atoms with Gasteiger partial charge in [0.2, 0.25) is 0 Å². The average Bonchev–Trinajstić information content (AvgIpc) is 1.81. The first-order chi connectivity index (χ1) is 4.59. The summed E-state index contributed by atoms with van der Waals surface area (Å²) in [6.07, 6.45) is 0. The Balaban J connectivity index is 3.88. The first-order valence-corrected chi connectivity index (χ1v) is 3.68. The first-order valence-electron chi connectivity index (χ1n) is 3.68. The Hall–Kier alpha value is -0.550. The SMILES string of the molecule is [C-]#[N+]CN(C(C)C)C(C)C. The molecule has 0 aliphatic carbocycles. The lowest BCUT2D eigenvalue weighted by Gasteiger charge is -2.24. The van der Waals surface area contributed by atoms with Gasteiger partial charge in [0.1, 0.15) is 0 Å². The number of hydrogen-bond acceptors (Lipinski definition) is 1. The van der Waals surface area contributed by atoms with Gasteiger partial charge in [-0.25, -0.2) is 11.5 Å². The van der Waals surface area contributed by atoms with E-state index in [1.165, 1.54) is 0 Å². The Bertz CT molecular complexity index is 114. The molecule has 0 radical (unpaired) electrons. The molecule has 10 heavy (non-hydrogen) atoms. The van der Waals surface area contributed by atoms with Crippen LogP contribution in [0.3, 0.4) is 0 Å². The van der Waals surface area contributed by atoms with E-state index in [0.29, 0.717) is 18.8 Å². The second kappa shape index (κ2) is 4.29. The molecule has 0 unspecified atom stereocenters. The molecule has 0 heterocycles. The lowest BCUT2D eigenvalue weighted by Crippen LogP contribution is -2.36. The molecule has 0 aliphatic rings. The normalized spacial score (nSPS) is 11.0. The summed E-state index contributed by atoms with van der Waals surface area (Å²) in [7, 11) is 0. The second-order valence-corrected chi connectivity index (χ2v) is 3.00. The van der Waals surface area contributed by atoms with Crippen LogP contribution >= 0.6 is 0 Å². The monoisotopic (exact) mass is 140 g/mol. The predicted octanol–water partition coefficient (Wildman–Crippen LogP) is 1.98. The molecule has 0 rings (SSSR count). The van der Waals surface area contributed by atoms with Crippen molar-refractivity contribution in [1.82, 2.24) is 4.90 Å². The average molecular weight is 140 g/mol. The largest absolute Gasteiger partial charge is 0.299 e. The minimum Gasteiger partial charge on any atom is -0.299 e. The van der Waals surface area contributed by atoms with Crippen molar-refractivity contribution in [2.24, 2.45) is 0 Å². The van der Waals surface area contributed by atoms with E-state index in [1.807, 2.05) is 0 Å². The molecule has 0 aromatic rings. The standard InChI is InChI=1S/C8H16N2/c1-7(2)10(6-9-5)8(3)4/h7-8H,6H2,1-4H3. The van der Waals surface area contributed by atoms with Crippen molar-refractivity contribution < 1.29 is 0 Å². The summed E-state index contributed by atoms with van der Waals surface area (Å²) in [4.78, 5) is 5.51.